The Hall–Kier alpha value is -1.01. The molecule has 11 heteroatoms. The summed E-state index contributed by atoms with van der Waals surface area (Å²) < 4.78 is 22.1. The van der Waals surface area contributed by atoms with Crippen LogP contribution in [0.5, 0.6) is 0 Å². The van der Waals surface area contributed by atoms with E-state index in [0.717, 1.165) is 37.1 Å². The molecule has 1 rings (SSSR count). The highest BCUT2D eigenvalue weighted by atomic mass is 32.2. The van der Waals surface area contributed by atoms with E-state index in [-0.39, 0.29) is 17.7 Å². The summed E-state index contributed by atoms with van der Waals surface area (Å²) >= 11 is 1.32. The lowest BCUT2D eigenvalue weighted by molar-refractivity contribution is -0.121. The van der Waals surface area contributed by atoms with Gasteiger partial charge in [0.2, 0.25) is 15.9 Å². The van der Waals surface area contributed by atoms with Crippen molar-refractivity contribution in [3.8, 4) is 0 Å². The van der Waals surface area contributed by atoms with Gasteiger partial charge in [0.25, 0.3) is 0 Å². The molecule has 9 nitrogen and oxygen atoms in total. The van der Waals surface area contributed by atoms with Crippen LogP contribution in [-0.2, 0) is 14.8 Å². The average molecular weight is 437 g/mol. The molecule has 1 aliphatic rings. The molecule has 1 atom stereocenters. The monoisotopic (exact) mass is 436 g/mol. The highest BCUT2D eigenvalue weighted by Gasteiger charge is 2.16. The molecule has 164 valence electrons. The van der Waals surface area contributed by atoms with E-state index in [2.05, 4.69) is 30.1 Å². The fourth-order valence-corrected chi connectivity index (χ4v) is 3.86. The van der Waals surface area contributed by atoms with Gasteiger partial charge in [-0.05, 0) is 46.0 Å². The van der Waals surface area contributed by atoms with Crippen LogP contribution in [0.4, 0.5) is 0 Å². The summed E-state index contributed by atoms with van der Waals surface area (Å²) in [5.74, 6) is 0.886. The number of primary sulfonamides is 1. The van der Waals surface area contributed by atoms with Crippen LogP contribution in [0.1, 0.15) is 65.2 Å². The van der Waals surface area contributed by atoms with Gasteiger partial charge < -0.3 is 10.7 Å². The van der Waals surface area contributed by atoms with Crippen LogP contribution in [-0.4, -0.2) is 42.9 Å². The number of nitrogens with two attached hydrogens (primary N) is 2. The molecule has 0 saturated carbocycles. The minimum atomic E-state index is -3.43. The number of amides is 1. The summed E-state index contributed by atoms with van der Waals surface area (Å²) in [5, 5.41) is 15.6. The van der Waals surface area contributed by atoms with Crippen molar-refractivity contribution in [3.63, 3.8) is 0 Å². The molecular weight excluding hydrogens is 400 g/mol. The van der Waals surface area contributed by atoms with E-state index in [9.17, 15) is 13.2 Å². The van der Waals surface area contributed by atoms with Gasteiger partial charge >= 0.3 is 0 Å². The van der Waals surface area contributed by atoms with Crippen LogP contribution in [0.3, 0.4) is 0 Å². The number of nitrogens with zero attached hydrogens (tertiary/aromatic N) is 1. The maximum Gasteiger partial charge on any atom is 0.220 e. The number of allylic oxidation sites excluding steroid dienone is 1. The first kappa shape index (κ1) is 25.0. The van der Waals surface area contributed by atoms with E-state index < -0.39 is 10.0 Å². The summed E-state index contributed by atoms with van der Waals surface area (Å²) in [7, 11) is -3.43. The maximum absolute atomic E-state index is 12.4. The van der Waals surface area contributed by atoms with Crippen molar-refractivity contribution in [2.24, 2.45) is 10.3 Å². The lowest BCUT2D eigenvalue weighted by Gasteiger charge is -2.19. The van der Waals surface area contributed by atoms with Gasteiger partial charge in [-0.1, -0.05) is 24.8 Å². The van der Waals surface area contributed by atoms with Crippen molar-refractivity contribution in [2.45, 2.75) is 77.3 Å². The molecule has 7 N–H and O–H groups in total. The van der Waals surface area contributed by atoms with Gasteiger partial charge in [0.15, 0.2) is 0 Å². The molecule has 1 unspecified atom stereocenters. The molecule has 0 spiro atoms. The van der Waals surface area contributed by atoms with Gasteiger partial charge in [-0.15, -0.1) is 5.53 Å². The number of hydrogen-bond donors (Lipinski definition) is 5. The third-order valence-electron chi connectivity index (χ3n) is 4.48. The molecule has 0 fully saturated rings. The number of carbonyl (C=O) groups is 1. The second-order valence-electron chi connectivity index (χ2n) is 7.39. The second kappa shape index (κ2) is 13.3. The summed E-state index contributed by atoms with van der Waals surface area (Å²) in [6.45, 7) is 4.15. The number of sulfonamides is 1. The Morgan fingerprint density at radius 3 is 2.50 bits per heavy atom. The molecule has 0 bridgehead atoms. The van der Waals surface area contributed by atoms with Gasteiger partial charge in [0, 0.05) is 36.2 Å². The standard InChI is InChI=1S/C17H36N6O3S2/c1-14(2)23-13-16(21-22-23)9-10-17(24)20-15(7-3-5-11-27-18)8-4-6-12-28(19,25)26/h13-15,21-22H,3-12,18H2,1-2H3,(H,20,24)(H2,19,25,26). The fraction of sp³-hybridized carbons (Fsp3) is 0.824. The van der Waals surface area contributed by atoms with Crippen LogP contribution >= 0.6 is 11.9 Å². The Labute approximate surface area is 173 Å². The van der Waals surface area contributed by atoms with Crippen molar-refractivity contribution in [2.75, 3.05) is 11.5 Å². The van der Waals surface area contributed by atoms with Crippen molar-refractivity contribution in [1.82, 2.24) is 21.3 Å². The molecule has 1 heterocycles. The van der Waals surface area contributed by atoms with Crippen LogP contribution in [0.15, 0.2) is 11.9 Å². The van der Waals surface area contributed by atoms with Crippen LogP contribution < -0.4 is 26.6 Å². The second-order valence-corrected chi connectivity index (χ2v) is 9.86. The smallest absolute Gasteiger partial charge is 0.220 e. The lowest BCUT2D eigenvalue weighted by Crippen LogP contribution is -2.40. The molecule has 1 aliphatic heterocycles. The number of carbonyl (C=O) groups excluding carboxylic acids is 1. The van der Waals surface area contributed by atoms with E-state index >= 15 is 0 Å². The molecule has 28 heavy (non-hydrogen) atoms. The number of nitrogens with one attached hydrogen (secondary N) is 3. The van der Waals surface area contributed by atoms with Crippen LogP contribution in [0, 0.1) is 0 Å². The molecule has 0 aliphatic carbocycles. The number of hydrogen-bond acceptors (Lipinski definition) is 8. The zero-order chi connectivity index (χ0) is 21.0. The third kappa shape index (κ3) is 11.7. The molecule has 0 aromatic rings. The van der Waals surface area contributed by atoms with Crippen molar-refractivity contribution < 1.29 is 13.2 Å². The van der Waals surface area contributed by atoms with Gasteiger partial charge in [0.1, 0.15) is 0 Å². The topological polar surface area (TPSA) is 143 Å². The highest BCUT2D eigenvalue weighted by Crippen LogP contribution is 2.13. The quantitative estimate of drug-likeness (QED) is 0.189. The lowest BCUT2D eigenvalue weighted by atomic mass is 10.0. The molecule has 0 saturated heterocycles. The Bertz CT molecular complexity index is 598. The Morgan fingerprint density at radius 2 is 1.93 bits per heavy atom. The molecular formula is C17H36N6O3S2. The van der Waals surface area contributed by atoms with E-state index in [1.165, 1.54) is 11.9 Å². The number of hydrazine groups is 2. The zero-order valence-corrected chi connectivity index (χ0v) is 18.6. The van der Waals surface area contributed by atoms with E-state index in [0.29, 0.717) is 31.7 Å². The first-order chi connectivity index (χ1) is 13.2. The van der Waals surface area contributed by atoms with Crippen LogP contribution in [0.25, 0.3) is 0 Å². The highest BCUT2D eigenvalue weighted by molar-refractivity contribution is 7.97. The Balaban J connectivity index is 2.40. The van der Waals surface area contributed by atoms with E-state index in [1.54, 1.807) is 0 Å². The summed E-state index contributed by atoms with van der Waals surface area (Å²) in [6, 6.07) is 0.374. The van der Waals surface area contributed by atoms with Crippen LogP contribution in [0.2, 0.25) is 0 Å². The third-order valence-corrected chi connectivity index (χ3v) is 5.86. The Morgan fingerprint density at radius 1 is 1.25 bits per heavy atom. The first-order valence-electron chi connectivity index (χ1n) is 9.83. The summed E-state index contributed by atoms with van der Waals surface area (Å²) in [5.41, 5.74) is 7.10. The Kier molecular flexibility index (Phi) is 11.8. The van der Waals surface area contributed by atoms with Gasteiger partial charge in [-0.2, -0.15) is 0 Å². The zero-order valence-electron chi connectivity index (χ0n) is 16.9. The normalized spacial score (nSPS) is 15.5. The van der Waals surface area contributed by atoms with Gasteiger partial charge in [-0.3, -0.25) is 14.9 Å². The van der Waals surface area contributed by atoms with E-state index in [4.69, 9.17) is 10.3 Å². The fourth-order valence-electron chi connectivity index (χ4n) is 2.88. The average Bonchev–Trinajstić information content (AvgIpc) is 3.09. The van der Waals surface area contributed by atoms with Crippen molar-refractivity contribution in [1.29, 1.82) is 0 Å². The van der Waals surface area contributed by atoms with Gasteiger partial charge in [-0.25, -0.2) is 13.6 Å². The number of unbranched alkanes of at least 4 members (excludes halogenated alkanes) is 2. The largest absolute Gasteiger partial charge is 0.353 e. The van der Waals surface area contributed by atoms with E-state index in [1.807, 2.05) is 11.2 Å². The van der Waals surface area contributed by atoms with Crippen molar-refractivity contribution >= 4 is 27.9 Å². The molecule has 0 radical (unpaired) electrons. The summed E-state index contributed by atoms with van der Waals surface area (Å²) in [4.78, 5) is 12.4. The predicted octanol–water partition coefficient (Wildman–Crippen LogP) is 1.06. The maximum atomic E-state index is 12.4. The molecule has 0 aromatic heterocycles. The minimum absolute atomic E-state index is 0.00958. The predicted molar refractivity (Wildman–Crippen MR) is 115 cm³/mol. The summed E-state index contributed by atoms with van der Waals surface area (Å²) in [6.07, 6.45) is 7.83. The SMILES string of the molecule is CC(C)N1C=C(CCC(=O)NC(CCCCSN)CCCCS(N)(=O)=O)NN1. The molecule has 1 amide bonds. The van der Waals surface area contributed by atoms with Gasteiger partial charge in [0.05, 0.1) is 5.75 Å². The molecule has 0 aromatic carbocycles. The number of rotatable bonds is 15. The first-order valence-corrected chi connectivity index (χ1v) is 12.6. The minimum Gasteiger partial charge on any atom is -0.353 e. The van der Waals surface area contributed by atoms with Crippen molar-refractivity contribution in [3.05, 3.63) is 11.9 Å².